The second kappa shape index (κ2) is 9.13. The van der Waals surface area contributed by atoms with E-state index in [1.807, 2.05) is 32.2 Å². The molecule has 0 amide bonds. The van der Waals surface area contributed by atoms with Gasteiger partial charge in [0, 0.05) is 18.3 Å². The summed E-state index contributed by atoms with van der Waals surface area (Å²) in [6.45, 7) is 8.88. The molecule has 0 saturated heterocycles. The van der Waals surface area contributed by atoms with E-state index in [0.29, 0.717) is 6.61 Å². The highest BCUT2D eigenvalue weighted by Crippen LogP contribution is 2.11. The van der Waals surface area contributed by atoms with Crippen molar-refractivity contribution in [3.8, 4) is 5.75 Å². The number of pyridine rings is 1. The largest absolute Gasteiger partial charge is 0.493 e. The zero-order valence-corrected chi connectivity index (χ0v) is 13.0. The Morgan fingerprint density at radius 2 is 1.70 bits per heavy atom. The molecule has 0 aliphatic rings. The molecule has 2 rings (SSSR count). The third-order valence-electron chi connectivity index (χ3n) is 2.94. The number of hydrogen-bond acceptors (Lipinski definition) is 2. The van der Waals surface area contributed by atoms with Crippen LogP contribution in [0.3, 0.4) is 0 Å². The maximum absolute atomic E-state index is 5.68. The minimum atomic E-state index is 0.668. The number of aromatic nitrogens is 1. The lowest BCUT2D eigenvalue weighted by Gasteiger charge is -2.06. The quantitative estimate of drug-likeness (QED) is 0.793. The van der Waals surface area contributed by atoms with Gasteiger partial charge in [0.25, 0.3) is 0 Å². The number of benzene rings is 1. The average Bonchev–Trinajstić information content (AvgIpc) is 2.52. The number of nitrogens with zero attached hydrogens (tertiary/aromatic N) is 1. The summed E-state index contributed by atoms with van der Waals surface area (Å²) in [7, 11) is 0. The highest BCUT2D eigenvalue weighted by Gasteiger charge is 1.97. The summed E-state index contributed by atoms with van der Waals surface area (Å²) < 4.78 is 5.68. The van der Waals surface area contributed by atoms with E-state index in [1.54, 1.807) is 0 Å². The van der Waals surface area contributed by atoms with E-state index >= 15 is 0 Å². The van der Waals surface area contributed by atoms with Gasteiger partial charge in [0.15, 0.2) is 0 Å². The van der Waals surface area contributed by atoms with E-state index in [0.717, 1.165) is 24.3 Å². The predicted octanol–water partition coefficient (Wildman–Crippen LogP) is 4.60. The first kappa shape index (κ1) is 16.2. The van der Waals surface area contributed by atoms with Crippen LogP contribution >= 0.6 is 0 Å². The van der Waals surface area contributed by atoms with Crippen LogP contribution < -0.4 is 4.74 Å². The lowest BCUT2D eigenvalue weighted by molar-refractivity contribution is 0.320. The third kappa shape index (κ3) is 5.43. The standard InChI is InChI=1S/C16H19NO.C2H6/c1-3-14-6-7-15(17-12-14)10-11-18-16-8-4-13(2)5-9-16;1-2/h4-9,12H,3,10-11H2,1-2H3;1-2H3. The van der Waals surface area contributed by atoms with Gasteiger partial charge in [-0.3, -0.25) is 4.98 Å². The Hall–Kier alpha value is -1.83. The maximum atomic E-state index is 5.68. The molecule has 0 radical (unpaired) electrons. The van der Waals surface area contributed by atoms with E-state index in [-0.39, 0.29) is 0 Å². The number of rotatable bonds is 5. The first-order valence-corrected chi connectivity index (χ1v) is 7.41. The molecule has 108 valence electrons. The minimum Gasteiger partial charge on any atom is -0.493 e. The summed E-state index contributed by atoms with van der Waals surface area (Å²) in [6, 6.07) is 12.3. The van der Waals surface area contributed by atoms with Crippen LogP contribution in [0.2, 0.25) is 0 Å². The van der Waals surface area contributed by atoms with Gasteiger partial charge in [-0.2, -0.15) is 0 Å². The molecule has 0 unspecified atom stereocenters. The lowest BCUT2D eigenvalue weighted by Crippen LogP contribution is -2.03. The minimum absolute atomic E-state index is 0.668. The fourth-order valence-electron chi connectivity index (χ4n) is 1.72. The van der Waals surface area contributed by atoms with E-state index in [2.05, 4.69) is 43.1 Å². The van der Waals surface area contributed by atoms with Gasteiger partial charge < -0.3 is 4.74 Å². The van der Waals surface area contributed by atoms with Crippen molar-refractivity contribution in [2.24, 2.45) is 0 Å². The molecule has 0 atom stereocenters. The second-order valence-corrected chi connectivity index (χ2v) is 4.42. The Labute approximate surface area is 122 Å². The van der Waals surface area contributed by atoms with Gasteiger partial charge in [0.05, 0.1) is 6.61 Å². The summed E-state index contributed by atoms with van der Waals surface area (Å²) in [5.74, 6) is 0.922. The van der Waals surface area contributed by atoms with Gasteiger partial charge in [0.1, 0.15) is 5.75 Å². The summed E-state index contributed by atoms with van der Waals surface area (Å²) >= 11 is 0. The van der Waals surface area contributed by atoms with Crippen LogP contribution in [0.1, 0.15) is 37.6 Å². The van der Waals surface area contributed by atoms with Crippen LogP contribution in [-0.4, -0.2) is 11.6 Å². The highest BCUT2D eigenvalue weighted by molar-refractivity contribution is 5.26. The molecule has 0 aliphatic heterocycles. The van der Waals surface area contributed by atoms with Crippen molar-refractivity contribution in [3.05, 3.63) is 59.4 Å². The van der Waals surface area contributed by atoms with E-state index in [9.17, 15) is 0 Å². The molecule has 2 heteroatoms. The van der Waals surface area contributed by atoms with Crippen LogP contribution in [0, 0.1) is 6.92 Å². The molecule has 0 saturated carbocycles. The zero-order valence-electron chi connectivity index (χ0n) is 13.0. The van der Waals surface area contributed by atoms with Crippen LogP contribution in [0.4, 0.5) is 0 Å². The van der Waals surface area contributed by atoms with Gasteiger partial charge in [-0.15, -0.1) is 0 Å². The molecule has 0 spiro atoms. The summed E-state index contributed by atoms with van der Waals surface area (Å²) in [6.07, 6.45) is 3.83. The number of aryl methyl sites for hydroxylation is 2. The topological polar surface area (TPSA) is 22.1 Å². The number of ether oxygens (including phenoxy) is 1. The zero-order chi connectivity index (χ0) is 14.8. The van der Waals surface area contributed by atoms with Gasteiger partial charge in [-0.05, 0) is 37.1 Å². The molecule has 0 bridgehead atoms. The first-order chi connectivity index (χ1) is 9.78. The highest BCUT2D eigenvalue weighted by atomic mass is 16.5. The second-order valence-electron chi connectivity index (χ2n) is 4.42. The van der Waals surface area contributed by atoms with E-state index in [1.165, 1.54) is 11.1 Å². The maximum Gasteiger partial charge on any atom is 0.119 e. The molecule has 20 heavy (non-hydrogen) atoms. The third-order valence-corrected chi connectivity index (χ3v) is 2.94. The molecule has 0 fully saturated rings. The van der Waals surface area contributed by atoms with Crippen molar-refractivity contribution in [2.75, 3.05) is 6.61 Å². The van der Waals surface area contributed by atoms with Gasteiger partial charge in [-0.1, -0.05) is 44.5 Å². The Morgan fingerprint density at radius 1 is 1.00 bits per heavy atom. The van der Waals surface area contributed by atoms with Gasteiger partial charge in [0.2, 0.25) is 0 Å². The summed E-state index contributed by atoms with van der Waals surface area (Å²) in [4.78, 5) is 4.41. The van der Waals surface area contributed by atoms with E-state index < -0.39 is 0 Å². The molecule has 1 aromatic carbocycles. The molecule has 0 N–H and O–H groups in total. The molecule has 0 aliphatic carbocycles. The molecule has 2 nitrogen and oxygen atoms in total. The summed E-state index contributed by atoms with van der Waals surface area (Å²) in [5, 5.41) is 0. The van der Waals surface area contributed by atoms with Crippen LogP contribution in [-0.2, 0) is 12.8 Å². The SMILES string of the molecule is CC.CCc1ccc(CCOc2ccc(C)cc2)nc1. The van der Waals surface area contributed by atoms with E-state index in [4.69, 9.17) is 4.74 Å². The average molecular weight is 271 g/mol. The Balaban J connectivity index is 0.000000956. The summed E-state index contributed by atoms with van der Waals surface area (Å²) in [5.41, 5.74) is 3.61. The monoisotopic (exact) mass is 271 g/mol. The normalized spacial score (nSPS) is 9.60. The van der Waals surface area contributed by atoms with Crippen LogP contribution in [0.15, 0.2) is 42.6 Å². The first-order valence-electron chi connectivity index (χ1n) is 7.41. The van der Waals surface area contributed by atoms with Crippen LogP contribution in [0.5, 0.6) is 5.75 Å². The van der Waals surface area contributed by atoms with Crippen molar-refractivity contribution in [3.63, 3.8) is 0 Å². The number of hydrogen-bond donors (Lipinski definition) is 0. The molecular formula is C18H25NO. The fourth-order valence-corrected chi connectivity index (χ4v) is 1.72. The smallest absolute Gasteiger partial charge is 0.119 e. The van der Waals surface area contributed by atoms with Crippen LogP contribution in [0.25, 0.3) is 0 Å². The Morgan fingerprint density at radius 3 is 2.25 bits per heavy atom. The van der Waals surface area contributed by atoms with Gasteiger partial charge in [-0.25, -0.2) is 0 Å². The molecule has 2 aromatic rings. The lowest BCUT2D eigenvalue weighted by atomic mass is 10.2. The van der Waals surface area contributed by atoms with Crippen molar-refractivity contribution in [1.29, 1.82) is 0 Å². The molecule has 1 aromatic heterocycles. The van der Waals surface area contributed by atoms with Crippen molar-refractivity contribution < 1.29 is 4.74 Å². The van der Waals surface area contributed by atoms with Crippen molar-refractivity contribution in [1.82, 2.24) is 4.98 Å². The Kier molecular flexibility index (Phi) is 7.41. The molecule has 1 heterocycles. The predicted molar refractivity (Wildman–Crippen MR) is 85.3 cm³/mol. The fraction of sp³-hybridized carbons (Fsp3) is 0.389. The van der Waals surface area contributed by atoms with Crippen molar-refractivity contribution >= 4 is 0 Å². The molecular weight excluding hydrogens is 246 g/mol. The Bertz CT molecular complexity index is 474. The van der Waals surface area contributed by atoms with Gasteiger partial charge >= 0.3 is 0 Å². The van der Waals surface area contributed by atoms with Crippen molar-refractivity contribution in [2.45, 2.75) is 40.5 Å².